The summed E-state index contributed by atoms with van der Waals surface area (Å²) in [4.78, 5) is 6.97. The van der Waals surface area contributed by atoms with E-state index in [4.69, 9.17) is 17.2 Å². The second-order valence-electron chi connectivity index (χ2n) is 8.96. The molecule has 0 radical (unpaired) electrons. The summed E-state index contributed by atoms with van der Waals surface area (Å²) in [5.41, 5.74) is 6.14. The lowest BCUT2D eigenvalue weighted by atomic mass is 9.94. The molecular weight excluding hydrogens is 480 g/mol. The Morgan fingerprint density at radius 3 is 2.47 bits per heavy atom. The molecule has 0 bridgehead atoms. The zero-order valence-electron chi connectivity index (χ0n) is 18.6. The van der Waals surface area contributed by atoms with E-state index in [9.17, 15) is 0 Å². The normalized spacial score (nSPS) is 21.7. The molecule has 1 N–H and O–H groups in total. The first-order chi connectivity index (χ1) is 15.5. The lowest BCUT2D eigenvalue weighted by molar-refractivity contribution is 0.345. The molecule has 0 amide bonds. The molecule has 4 nitrogen and oxygen atoms in total. The van der Waals surface area contributed by atoms with Crippen LogP contribution in [0, 0.1) is 13.8 Å². The van der Waals surface area contributed by atoms with Gasteiger partial charge in [-0.3, -0.25) is 4.98 Å². The molecule has 2 atom stereocenters. The highest BCUT2D eigenvalue weighted by Gasteiger charge is 2.42. The number of halogens is 1. The number of pyridine rings is 1. The quantitative estimate of drug-likeness (QED) is 0.386. The van der Waals surface area contributed by atoms with Crippen LogP contribution in [0.1, 0.15) is 72.9 Å². The van der Waals surface area contributed by atoms with E-state index in [0.29, 0.717) is 6.04 Å². The molecule has 0 unspecified atom stereocenters. The minimum absolute atomic E-state index is 0.00680. The van der Waals surface area contributed by atoms with Gasteiger partial charge in [0, 0.05) is 33.8 Å². The molecule has 2 fully saturated rings. The van der Waals surface area contributed by atoms with Crippen molar-refractivity contribution in [2.24, 2.45) is 0 Å². The number of thiocarbonyl (C=S) groups is 1. The topological polar surface area (TPSA) is 33.1 Å². The van der Waals surface area contributed by atoms with E-state index in [2.05, 4.69) is 87.0 Å². The summed E-state index contributed by atoms with van der Waals surface area (Å²) < 4.78 is 3.65. The number of hydrogen-bond donors (Lipinski definition) is 1. The molecular formula is C26H29BrN4S. The van der Waals surface area contributed by atoms with Crippen molar-refractivity contribution in [3.8, 4) is 0 Å². The van der Waals surface area contributed by atoms with Crippen LogP contribution < -0.4 is 10.2 Å². The van der Waals surface area contributed by atoms with Crippen molar-refractivity contribution < 1.29 is 0 Å². The Labute approximate surface area is 204 Å². The smallest absolute Gasteiger partial charge is 0.174 e. The predicted octanol–water partition coefficient (Wildman–Crippen LogP) is 6.94. The molecule has 3 heterocycles. The summed E-state index contributed by atoms with van der Waals surface area (Å²) in [5, 5.41) is 4.34. The minimum Gasteiger partial charge on any atom is -0.351 e. The van der Waals surface area contributed by atoms with Gasteiger partial charge in [0.15, 0.2) is 5.11 Å². The summed E-state index contributed by atoms with van der Waals surface area (Å²) in [6.45, 7) is 4.54. The highest BCUT2D eigenvalue weighted by atomic mass is 79.9. The number of nitrogens with zero attached hydrogens (tertiary/aromatic N) is 3. The Morgan fingerprint density at radius 2 is 1.78 bits per heavy atom. The van der Waals surface area contributed by atoms with Crippen molar-refractivity contribution >= 4 is 38.9 Å². The minimum atomic E-state index is -0.00680. The van der Waals surface area contributed by atoms with E-state index >= 15 is 0 Å². The van der Waals surface area contributed by atoms with Crippen LogP contribution in [0.3, 0.4) is 0 Å². The number of benzene rings is 1. The van der Waals surface area contributed by atoms with Crippen molar-refractivity contribution in [2.75, 3.05) is 4.90 Å². The average Bonchev–Trinajstić information content (AvgIpc) is 3.31. The lowest BCUT2D eigenvalue weighted by Crippen LogP contribution is -2.29. The number of rotatable bonds is 4. The van der Waals surface area contributed by atoms with Gasteiger partial charge in [-0.2, -0.15) is 0 Å². The van der Waals surface area contributed by atoms with Gasteiger partial charge in [-0.25, -0.2) is 0 Å². The van der Waals surface area contributed by atoms with E-state index in [0.717, 1.165) is 21.0 Å². The van der Waals surface area contributed by atoms with Crippen LogP contribution in [0.2, 0.25) is 0 Å². The maximum absolute atomic E-state index is 5.89. The van der Waals surface area contributed by atoms with E-state index in [1.807, 2.05) is 12.3 Å². The van der Waals surface area contributed by atoms with Crippen LogP contribution in [0.5, 0.6) is 0 Å². The SMILES string of the molecule is Cc1cc([C@H]2[C@@H](c3ccccn3)NC(=S)N2c2ccc(Br)cc2)c(C)n1C1CCCCC1. The fourth-order valence-corrected chi connectivity index (χ4v) is 6.16. The van der Waals surface area contributed by atoms with Crippen LogP contribution in [0.25, 0.3) is 0 Å². The molecule has 0 spiro atoms. The van der Waals surface area contributed by atoms with Crippen LogP contribution in [-0.2, 0) is 0 Å². The van der Waals surface area contributed by atoms with Gasteiger partial charge >= 0.3 is 0 Å². The first-order valence-electron chi connectivity index (χ1n) is 11.5. The molecule has 2 aromatic heterocycles. The van der Waals surface area contributed by atoms with Gasteiger partial charge in [-0.05, 0) is 86.9 Å². The third kappa shape index (κ3) is 3.88. The molecule has 1 aliphatic heterocycles. The lowest BCUT2D eigenvalue weighted by Gasteiger charge is -2.30. The number of anilines is 1. The van der Waals surface area contributed by atoms with Gasteiger partial charge in [0.1, 0.15) is 0 Å². The Kier molecular flexibility index (Phi) is 6.08. The maximum atomic E-state index is 5.89. The molecule has 5 rings (SSSR count). The first kappa shape index (κ1) is 21.7. The highest BCUT2D eigenvalue weighted by molar-refractivity contribution is 9.10. The van der Waals surface area contributed by atoms with Crippen molar-refractivity contribution in [3.63, 3.8) is 0 Å². The summed E-state index contributed by atoms with van der Waals surface area (Å²) in [7, 11) is 0. The van der Waals surface area contributed by atoms with Gasteiger partial charge in [0.2, 0.25) is 0 Å². The van der Waals surface area contributed by atoms with E-state index in [1.54, 1.807) is 0 Å². The number of aryl methyl sites for hydroxylation is 1. The third-order valence-electron chi connectivity index (χ3n) is 6.98. The van der Waals surface area contributed by atoms with Gasteiger partial charge in [0.25, 0.3) is 0 Å². The zero-order valence-corrected chi connectivity index (χ0v) is 21.0. The fourth-order valence-electron chi connectivity index (χ4n) is 5.55. The second kappa shape index (κ2) is 8.99. The molecule has 32 heavy (non-hydrogen) atoms. The largest absolute Gasteiger partial charge is 0.351 e. The predicted molar refractivity (Wildman–Crippen MR) is 138 cm³/mol. The summed E-state index contributed by atoms with van der Waals surface area (Å²) in [5.74, 6) is 0. The van der Waals surface area contributed by atoms with Crippen LogP contribution in [0.4, 0.5) is 5.69 Å². The molecule has 1 aliphatic carbocycles. The first-order valence-corrected chi connectivity index (χ1v) is 12.7. The Bertz CT molecular complexity index is 1100. The van der Waals surface area contributed by atoms with Crippen molar-refractivity contribution in [3.05, 3.63) is 81.8 Å². The molecule has 1 aromatic carbocycles. The summed E-state index contributed by atoms with van der Waals surface area (Å²) >= 11 is 9.45. The second-order valence-corrected chi connectivity index (χ2v) is 10.3. The Balaban J connectivity index is 1.62. The maximum Gasteiger partial charge on any atom is 0.174 e. The number of nitrogens with one attached hydrogen (secondary N) is 1. The number of aromatic nitrogens is 2. The van der Waals surface area contributed by atoms with Crippen LogP contribution >= 0.6 is 28.1 Å². The molecule has 6 heteroatoms. The molecule has 166 valence electrons. The average molecular weight is 510 g/mol. The third-order valence-corrected chi connectivity index (χ3v) is 7.83. The van der Waals surface area contributed by atoms with Crippen molar-refractivity contribution in [2.45, 2.75) is 64.1 Å². The van der Waals surface area contributed by atoms with Gasteiger partial charge in [-0.1, -0.05) is 41.3 Å². The Morgan fingerprint density at radius 1 is 1.03 bits per heavy atom. The molecule has 2 aliphatic rings. The zero-order chi connectivity index (χ0) is 22.2. The summed E-state index contributed by atoms with van der Waals surface area (Å²) in [6, 6.07) is 17.6. The molecule has 3 aromatic rings. The monoisotopic (exact) mass is 508 g/mol. The van der Waals surface area contributed by atoms with Gasteiger partial charge in [0.05, 0.1) is 17.8 Å². The van der Waals surface area contributed by atoms with E-state index in [-0.39, 0.29) is 12.1 Å². The van der Waals surface area contributed by atoms with Gasteiger partial charge < -0.3 is 14.8 Å². The summed E-state index contributed by atoms with van der Waals surface area (Å²) in [6.07, 6.45) is 8.43. The standard InChI is InChI=1S/C26H29BrN4S/c1-17-16-22(18(2)30(17)20-8-4-3-5-9-20)25-24(23-10-6-7-15-28-23)29-26(32)31(25)21-13-11-19(27)12-14-21/h6-7,10-16,20,24-25H,3-5,8-9H2,1-2H3,(H,29,32)/t24-,25+/m1/s1. The fraction of sp³-hybridized carbons (Fsp3) is 0.385. The molecule has 1 saturated heterocycles. The van der Waals surface area contributed by atoms with Gasteiger partial charge in [-0.15, -0.1) is 0 Å². The highest BCUT2D eigenvalue weighted by Crippen LogP contribution is 2.44. The van der Waals surface area contributed by atoms with Crippen LogP contribution in [0.15, 0.2) is 59.2 Å². The molecule has 1 saturated carbocycles. The van der Waals surface area contributed by atoms with E-state index < -0.39 is 0 Å². The van der Waals surface area contributed by atoms with Crippen molar-refractivity contribution in [1.82, 2.24) is 14.9 Å². The Hall–Kier alpha value is -2.18. The number of hydrogen-bond acceptors (Lipinski definition) is 2. The van der Waals surface area contributed by atoms with Crippen LogP contribution in [-0.4, -0.2) is 14.7 Å². The van der Waals surface area contributed by atoms with Crippen molar-refractivity contribution in [1.29, 1.82) is 0 Å². The van der Waals surface area contributed by atoms with E-state index in [1.165, 1.54) is 49.1 Å².